The van der Waals surface area contributed by atoms with Gasteiger partial charge in [-0.15, -0.1) is 0 Å². The third-order valence-corrected chi connectivity index (χ3v) is 1.89. The Kier molecular flexibility index (Phi) is 2.02. The van der Waals surface area contributed by atoms with Crippen molar-refractivity contribution < 1.29 is 8.91 Å². The van der Waals surface area contributed by atoms with E-state index in [4.69, 9.17) is 16.1 Å². The van der Waals surface area contributed by atoms with Gasteiger partial charge in [-0.3, -0.25) is 0 Å². The first-order valence-corrected chi connectivity index (χ1v) is 4.01. The van der Waals surface area contributed by atoms with Crippen LogP contribution in [-0.4, -0.2) is 5.16 Å². The van der Waals surface area contributed by atoms with Crippen LogP contribution < -0.4 is 0 Å². The van der Waals surface area contributed by atoms with E-state index in [1.807, 2.05) is 0 Å². The molecule has 0 saturated heterocycles. The molecule has 0 N–H and O–H groups in total. The quantitative estimate of drug-likeness (QED) is 0.702. The molecule has 0 aliphatic rings. The van der Waals surface area contributed by atoms with E-state index in [1.54, 1.807) is 24.3 Å². The number of benzene rings is 1. The second-order valence-corrected chi connectivity index (χ2v) is 2.95. The zero-order valence-electron chi connectivity index (χ0n) is 6.50. The minimum Gasteiger partial charge on any atom is -0.353 e. The van der Waals surface area contributed by atoms with Crippen LogP contribution in [0, 0.1) is 5.82 Å². The molecule has 0 amide bonds. The van der Waals surface area contributed by atoms with Crippen LogP contribution in [-0.2, 0) is 0 Å². The van der Waals surface area contributed by atoms with E-state index < -0.39 is 5.82 Å². The van der Waals surface area contributed by atoms with Crippen LogP contribution >= 0.6 is 11.6 Å². The van der Waals surface area contributed by atoms with Crippen LogP contribution in [0.25, 0.3) is 11.3 Å². The fourth-order valence-corrected chi connectivity index (χ4v) is 1.15. The van der Waals surface area contributed by atoms with Crippen molar-refractivity contribution in [1.29, 1.82) is 0 Å². The fraction of sp³-hybridized carbons (Fsp3) is 0. The summed E-state index contributed by atoms with van der Waals surface area (Å²) in [5, 5.41) is 3.94. The van der Waals surface area contributed by atoms with Crippen molar-refractivity contribution >= 4 is 11.6 Å². The molecular weight excluding hydrogens is 193 g/mol. The Balaban J connectivity index is 2.47. The topological polar surface area (TPSA) is 26.0 Å². The predicted octanol–water partition coefficient (Wildman–Crippen LogP) is 3.13. The summed E-state index contributed by atoms with van der Waals surface area (Å²) in [5.74, 6) is -0.334. The van der Waals surface area contributed by atoms with Crippen LogP contribution in [0.1, 0.15) is 0 Å². The number of hydrogen-bond donors (Lipinski definition) is 0. The normalized spacial score (nSPS) is 10.3. The Bertz CT molecular complexity index is 410. The summed E-state index contributed by atoms with van der Waals surface area (Å²) in [5.41, 5.74) is 0.624. The molecular formula is C9H5ClFNO. The maximum Gasteiger partial charge on any atom is 0.202 e. The highest BCUT2D eigenvalue weighted by Gasteiger charge is 2.09. The Morgan fingerprint density at radius 3 is 2.46 bits per heavy atom. The lowest BCUT2D eigenvalue weighted by Crippen LogP contribution is -1.76. The number of rotatable bonds is 1. The molecule has 0 aliphatic heterocycles. The van der Waals surface area contributed by atoms with Crippen LogP contribution in [0.3, 0.4) is 0 Å². The second-order valence-electron chi connectivity index (χ2n) is 2.51. The summed E-state index contributed by atoms with van der Waals surface area (Å²) in [4.78, 5) is 0. The van der Waals surface area contributed by atoms with E-state index in [0.717, 1.165) is 6.20 Å². The molecule has 1 heterocycles. The maximum absolute atomic E-state index is 12.9. The summed E-state index contributed by atoms with van der Waals surface area (Å²) < 4.78 is 17.7. The molecule has 0 atom stereocenters. The second kappa shape index (κ2) is 3.18. The van der Waals surface area contributed by atoms with Gasteiger partial charge in [-0.25, -0.2) is 4.39 Å². The molecule has 0 radical (unpaired) electrons. The molecule has 1 aromatic carbocycles. The lowest BCUT2D eigenvalue weighted by molar-refractivity contribution is 0.428. The number of halogens is 2. The molecule has 66 valence electrons. The van der Waals surface area contributed by atoms with Gasteiger partial charge in [0.05, 0.1) is 0 Å². The standard InChI is InChI=1S/C9H5ClFNO/c10-7-3-1-6(2-4-7)9-8(11)5-12-13-9/h1-5H. The SMILES string of the molecule is Fc1cnoc1-c1ccc(Cl)cc1. The molecule has 0 unspecified atom stereocenters. The van der Waals surface area contributed by atoms with Gasteiger partial charge < -0.3 is 4.52 Å². The Labute approximate surface area is 78.9 Å². The third-order valence-electron chi connectivity index (χ3n) is 1.63. The van der Waals surface area contributed by atoms with Gasteiger partial charge in [-0.2, -0.15) is 0 Å². The first-order valence-electron chi connectivity index (χ1n) is 3.63. The minimum atomic E-state index is -0.470. The van der Waals surface area contributed by atoms with Gasteiger partial charge in [0.15, 0.2) is 5.82 Å². The average Bonchev–Trinajstić information content (AvgIpc) is 2.53. The van der Waals surface area contributed by atoms with Crippen molar-refractivity contribution in [2.45, 2.75) is 0 Å². The molecule has 0 bridgehead atoms. The fourth-order valence-electron chi connectivity index (χ4n) is 1.02. The molecule has 0 fully saturated rings. The zero-order valence-corrected chi connectivity index (χ0v) is 7.25. The van der Waals surface area contributed by atoms with Crippen LogP contribution in [0.15, 0.2) is 35.0 Å². The van der Waals surface area contributed by atoms with Gasteiger partial charge in [-0.1, -0.05) is 16.8 Å². The van der Waals surface area contributed by atoms with Gasteiger partial charge in [-0.05, 0) is 24.3 Å². The predicted molar refractivity (Wildman–Crippen MR) is 46.9 cm³/mol. The molecule has 2 aromatic rings. The van der Waals surface area contributed by atoms with E-state index in [2.05, 4.69) is 5.16 Å². The Hall–Kier alpha value is -1.35. The van der Waals surface area contributed by atoms with Crippen molar-refractivity contribution in [3.05, 3.63) is 41.3 Å². The largest absolute Gasteiger partial charge is 0.353 e. The van der Waals surface area contributed by atoms with E-state index in [0.29, 0.717) is 10.6 Å². The average molecular weight is 198 g/mol. The van der Waals surface area contributed by atoms with Gasteiger partial charge >= 0.3 is 0 Å². The third kappa shape index (κ3) is 1.55. The highest BCUT2D eigenvalue weighted by atomic mass is 35.5. The van der Waals surface area contributed by atoms with Crippen molar-refractivity contribution in [3.63, 3.8) is 0 Å². The van der Waals surface area contributed by atoms with Crippen molar-refractivity contribution in [2.75, 3.05) is 0 Å². The van der Waals surface area contributed by atoms with E-state index >= 15 is 0 Å². The smallest absolute Gasteiger partial charge is 0.202 e. The summed E-state index contributed by atoms with van der Waals surface area (Å²) in [6.45, 7) is 0. The van der Waals surface area contributed by atoms with Gasteiger partial charge in [0.25, 0.3) is 0 Å². The first-order chi connectivity index (χ1) is 6.27. The van der Waals surface area contributed by atoms with Crippen LogP contribution in [0.2, 0.25) is 5.02 Å². The maximum atomic E-state index is 12.9. The van der Waals surface area contributed by atoms with Crippen LogP contribution in [0.4, 0.5) is 4.39 Å². The molecule has 0 spiro atoms. The number of nitrogens with zero attached hydrogens (tertiary/aromatic N) is 1. The van der Waals surface area contributed by atoms with Crippen molar-refractivity contribution in [1.82, 2.24) is 5.16 Å². The lowest BCUT2D eigenvalue weighted by atomic mass is 10.2. The highest BCUT2D eigenvalue weighted by Crippen LogP contribution is 2.23. The van der Waals surface area contributed by atoms with Gasteiger partial charge in [0, 0.05) is 10.6 Å². The molecule has 0 aliphatic carbocycles. The summed E-state index contributed by atoms with van der Waals surface area (Å²) >= 11 is 5.67. The summed E-state index contributed by atoms with van der Waals surface area (Å²) in [7, 11) is 0. The summed E-state index contributed by atoms with van der Waals surface area (Å²) in [6, 6.07) is 6.68. The monoisotopic (exact) mass is 197 g/mol. The van der Waals surface area contributed by atoms with Crippen LogP contribution in [0.5, 0.6) is 0 Å². The number of aromatic nitrogens is 1. The van der Waals surface area contributed by atoms with E-state index in [1.165, 1.54) is 0 Å². The minimum absolute atomic E-state index is 0.136. The molecule has 13 heavy (non-hydrogen) atoms. The first kappa shape index (κ1) is 8.26. The molecule has 1 aromatic heterocycles. The van der Waals surface area contributed by atoms with Gasteiger partial charge in [0.2, 0.25) is 5.76 Å². The highest BCUT2D eigenvalue weighted by molar-refractivity contribution is 6.30. The molecule has 2 rings (SSSR count). The van der Waals surface area contributed by atoms with Crippen molar-refractivity contribution in [2.24, 2.45) is 0 Å². The Morgan fingerprint density at radius 1 is 1.23 bits per heavy atom. The van der Waals surface area contributed by atoms with E-state index in [9.17, 15) is 4.39 Å². The number of hydrogen-bond acceptors (Lipinski definition) is 2. The van der Waals surface area contributed by atoms with Gasteiger partial charge in [0.1, 0.15) is 6.20 Å². The van der Waals surface area contributed by atoms with E-state index in [-0.39, 0.29) is 5.76 Å². The zero-order chi connectivity index (χ0) is 9.26. The Morgan fingerprint density at radius 2 is 1.92 bits per heavy atom. The molecule has 2 nitrogen and oxygen atoms in total. The molecule has 0 saturated carbocycles. The lowest BCUT2D eigenvalue weighted by Gasteiger charge is -1.94. The van der Waals surface area contributed by atoms with Crippen molar-refractivity contribution in [3.8, 4) is 11.3 Å². The molecule has 4 heteroatoms. The summed E-state index contributed by atoms with van der Waals surface area (Å²) in [6.07, 6.45) is 1.03.